The molecule has 0 aliphatic carbocycles. The van der Waals surface area contributed by atoms with Gasteiger partial charge in [0.05, 0.1) is 22.5 Å². The predicted molar refractivity (Wildman–Crippen MR) is 83.8 cm³/mol. The molecule has 1 saturated heterocycles. The smallest absolute Gasteiger partial charge is 0.409 e. The lowest BCUT2D eigenvalue weighted by molar-refractivity contribution is 0.0983. The van der Waals surface area contributed by atoms with E-state index in [0.29, 0.717) is 35.5 Å². The van der Waals surface area contributed by atoms with Crippen molar-refractivity contribution < 1.29 is 13.9 Å². The number of nitrogens with zero attached hydrogens (tertiary/aromatic N) is 1. The highest BCUT2D eigenvalue weighted by molar-refractivity contribution is 9.10. The van der Waals surface area contributed by atoms with Crippen LogP contribution in [-0.4, -0.2) is 36.7 Å². The topological polar surface area (TPSA) is 67.6 Å². The average molecular weight is 360 g/mol. The third kappa shape index (κ3) is 4.00. The van der Waals surface area contributed by atoms with Gasteiger partial charge < -0.3 is 20.7 Å². The van der Waals surface area contributed by atoms with E-state index in [0.717, 1.165) is 12.8 Å². The fourth-order valence-electron chi connectivity index (χ4n) is 2.33. The van der Waals surface area contributed by atoms with Gasteiger partial charge in [0, 0.05) is 25.2 Å². The van der Waals surface area contributed by atoms with Gasteiger partial charge in [0.25, 0.3) is 0 Å². The molecule has 0 radical (unpaired) electrons. The number of nitrogens with two attached hydrogens (primary N) is 1. The normalized spacial score (nSPS) is 15.9. The minimum absolute atomic E-state index is 0.204. The Balaban J connectivity index is 1.92. The van der Waals surface area contributed by atoms with E-state index < -0.39 is 0 Å². The summed E-state index contributed by atoms with van der Waals surface area (Å²) in [5, 5.41) is 3.31. The Labute approximate surface area is 131 Å². The minimum atomic E-state index is -0.379. The lowest BCUT2D eigenvalue weighted by atomic mass is 10.0. The van der Waals surface area contributed by atoms with Gasteiger partial charge in [-0.05, 0) is 41.8 Å². The molecule has 1 aromatic carbocycles. The van der Waals surface area contributed by atoms with Crippen LogP contribution in [0.1, 0.15) is 19.8 Å². The number of rotatable bonds is 3. The maximum atomic E-state index is 13.3. The van der Waals surface area contributed by atoms with Crippen molar-refractivity contribution in [2.45, 2.75) is 25.8 Å². The highest BCUT2D eigenvalue weighted by Crippen LogP contribution is 2.28. The van der Waals surface area contributed by atoms with E-state index in [1.165, 1.54) is 6.07 Å². The molecule has 7 heteroatoms. The molecule has 3 N–H and O–H groups in total. The fourth-order valence-corrected chi connectivity index (χ4v) is 2.67. The van der Waals surface area contributed by atoms with E-state index in [9.17, 15) is 9.18 Å². The van der Waals surface area contributed by atoms with Crippen LogP contribution in [0.3, 0.4) is 0 Å². The number of hydrogen-bond donors (Lipinski definition) is 2. The van der Waals surface area contributed by atoms with Crippen LogP contribution < -0.4 is 11.1 Å². The number of halogens is 2. The molecular weight excluding hydrogens is 341 g/mol. The van der Waals surface area contributed by atoms with E-state index in [1.54, 1.807) is 17.9 Å². The predicted octanol–water partition coefficient (Wildman–Crippen LogP) is 3.20. The largest absolute Gasteiger partial charge is 0.450 e. The van der Waals surface area contributed by atoms with E-state index in [-0.39, 0.29) is 18.0 Å². The fraction of sp³-hybridized carbons (Fsp3) is 0.500. The number of hydrogen-bond acceptors (Lipinski definition) is 4. The van der Waals surface area contributed by atoms with Gasteiger partial charge in [-0.1, -0.05) is 0 Å². The van der Waals surface area contributed by atoms with Crippen LogP contribution in [0.4, 0.5) is 20.6 Å². The van der Waals surface area contributed by atoms with Gasteiger partial charge >= 0.3 is 6.09 Å². The SMILES string of the molecule is CCOC(=O)N1CCC(Nc2cc(Br)c(F)cc2N)CC1. The zero-order valence-corrected chi connectivity index (χ0v) is 13.5. The Morgan fingerprint density at radius 2 is 2.19 bits per heavy atom. The average Bonchev–Trinajstić information content (AvgIpc) is 2.46. The highest BCUT2D eigenvalue weighted by Gasteiger charge is 2.23. The Hall–Kier alpha value is -1.50. The molecule has 1 aliphatic rings. The molecule has 1 amide bonds. The first-order chi connectivity index (χ1) is 10.0. The Bertz CT molecular complexity index is 519. The second kappa shape index (κ2) is 6.98. The third-order valence-electron chi connectivity index (χ3n) is 3.47. The van der Waals surface area contributed by atoms with Gasteiger partial charge in [-0.25, -0.2) is 9.18 Å². The van der Waals surface area contributed by atoms with Gasteiger partial charge in [-0.2, -0.15) is 0 Å². The van der Waals surface area contributed by atoms with Crippen LogP contribution in [0, 0.1) is 5.82 Å². The number of carbonyl (C=O) groups excluding carboxylic acids is 1. The number of likely N-dealkylation sites (tertiary alicyclic amines) is 1. The molecule has 1 fully saturated rings. The summed E-state index contributed by atoms with van der Waals surface area (Å²) in [7, 11) is 0. The van der Waals surface area contributed by atoms with Crippen LogP contribution >= 0.6 is 15.9 Å². The monoisotopic (exact) mass is 359 g/mol. The lowest BCUT2D eigenvalue weighted by Gasteiger charge is -2.32. The number of ether oxygens (including phenoxy) is 1. The summed E-state index contributed by atoms with van der Waals surface area (Å²) in [5.74, 6) is -0.379. The maximum absolute atomic E-state index is 13.3. The number of benzene rings is 1. The van der Waals surface area contributed by atoms with Gasteiger partial charge in [-0.3, -0.25) is 0 Å². The number of nitrogen functional groups attached to an aromatic ring is 1. The molecule has 0 spiro atoms. The molecule has 1 aliphatic heterocycles. The molecule has 2 rings (SSSR count). The van der Waals surface area contributed by atoms with Crippen molar-refractivity contribution in [2.75, 3.05) is 30.7 Å². The molecule has 1 aromatic rings. The van der Waals surface area contributed by atoms with Crippen molar-refractivity contribution in [3.8, 4) is 0 Å². The van der Waals surface area contributed by atoms with Crippen molar-refractivity contribution in [1.82, 2.24) is 4.90 Å². The van der Waals surface area contributed by atoms with Crippen molar-refractivity contribution in [2.24, 2.45) is 0 Å². The first-order valence-electron chi connectivity index (χ1n) is 6.94. The highest BCUT2D eigenvalue weighted by atomic mass is 79.9. The second-order valence-corrected chi connectivity index (χ2v) is 5.81. The molecule has 21 heavy (non-hydrogen) atoms. The number of anilines is 2. The first-order valence-corrected chi connectivity index (χ1v) is 7.73. The van der Waals surface area contributed by atoms with Crippen LogP contribution in [0.5, 0.6) is 0 Å². The minimum Gasteiger partial charge on any atom is -0.450 e. The van der Waals surface area contributed by atoms with Gasteiger partial charge in [0.1, 0.15) is 5.82 Å². The Morgan fingerprint density at radius 3 is 2.81 bits per heavy atom. The van der Waals surface area contributed by atoms with E-state index in [2.05, 4.69) is 21.2 Å². The van der Waals surface area contributed by atoms with Crippen molar-refractivity contribution in [3.63, 3.8) is 0 Å². The van der Waals surface area contributed by atoms with E-state index in [4.69, 9.17) is 10.5 Å². The third-order valence-corrected chi connectivity index (χ3v) is 4.08. The molecule has 116 valence electrons. The Morgan fingerprint density at radius 1 is 1.52 bits per heavy atom. The zero-order chi connectivity index (χ0) is 15.4. The van der Waals surface area contributed by atoms with Gasteiger partial charge in [0.15, 0.2) is 0 Å². The molecule has 0 bridgehead atoms. The van der Waals surface area contributed by atoms with Crippen LogP contribution in [0.25, 0.3) is 0 Å². The first kappa shape index (κ1) is 15.9. The van der Waals surface area contributed by atoms with Crippen molar-refractivity contribution in [1.29, 1.82) is 0 Å². The summed E-state index contributed by atoms with van der Waals surface area (Å²) in [4.78, 5) is 13.3. The number of nitrogens with one attached hydrogen (secondary N) is 1. The van der Waals surface area contributed by atoms with Crippen molar-refractivity contribution >= 4 is 33.4 Å². The molecule has 0 unspecified atom stereocenters. The molecule has 0 saturated carbocycles. The van der Waals surface area contributed by atoms with E-state index >= 15 is 0 Å². The van der Waals surface area contributed by atoms with E-state index in [1.807, 2.05) is 0 Å². The van der Waals surface area contributed by atoms with Crippen LogP contribution in [0.15, 0.2) is 16.6 Å². The zero-order valence-electron chi connectivity index (χ0n) is 11.9. The summed E-state index contributed by atoms with van der Waals surface area (Å²) >= 11 is 3.15. The van der Waals surface area contributed by atoms with Crippen LogP contribution in [-0.2, 0) is 4.74 Å². The molecule has 0 atom stereocenters. The lowest BCUT2D eigenvalue weighted by Crippen LogP contribution is -2.42. The molecule has 0 aromatic heterocycles. The molecule has 5 nitrogen and oxygen atoms in total. The quantitative estimate of drug-likeness (QED) is 0.813. The summed E-state index contributed by atoms with van der Waals surface area (Å²) in [6.07, 6.45) is 1.33. The number of amides is 1. The number of carbonyl (C=O) groups is 1. The summed E-state index contributed by atoms with van der Waals surface area (Å²) in [6.45, 7) is 3.45. The molecule has 1 heterocycles. The Kier molecular flexibility index (Phi) is 5.27. The van der Waals surface area contributed by atoms with Gasteiger partial charge in [0.2, 0.25) is 0 Å². The second-order valence-electron chi connectivity index (χ2n) is 4.96. The van der Waals surface area contributed by atoms with Crippen molar-refractivity contribution in [3.05, 3.63) is 22.4 Å². The van der Waals surface area contributed by atoms with Crippen LogP contribution in [0.2, 0.25) is 0 Å². The van der Waals surface area contributed by atoms with Gasteiger partial charge in [-0.15, -0.1) is 0 Å². The summed E-state index contributed by atoms with van der Waals surface area (Å²) in [5.41, 5.74) is 6.90. The summed E-state index contributed by atoms with van der Waals surface area (Å²) in [6, 6.07) is 3.14. The number of piperidine rings is 1. The summed E-state index contributed by atoms with van der Waals surface area (Å²) < 4.78 is 18.7. The molecular formula is C14H19BrFN3O2. The maximum Gasteiger partial charge on any atom is 0.409 e. The standard InChI is InChI=1S/C14H19BrFN3O2/c1-2-21-14(20)19-5-3-9(4-6-19)18-13-7-10(15)11(16)8-12(13)17/h7-9,18H,2-6,17H2,1H3.